The van der Waals surface area contributed by atoms with E-state index in [1.165, 1.54) is 31.2 Å². The molecule has 30 heavy (non-hydrogen) atoms. The number of rotatable bonds is 6. The second kappa shape index (κ2) is 9.17. The van der Waals surface area contributed by atoms with Gasteiger partial charge in [0.1, 0.15) is 6.33 Å². The van der Waals surface area contributed by atoms with Gasteiger partial charge in [-0.2, -0.15) is 0 Å². The number of hydrogen-bond acceptors (Lipinski definition) is 5. The molecule has 1 aliphatic rings. The molecule has 2 heterocycles. The Bertz CT molecular complexity index is 977. The molecule has 1 N–H and O–H groups in total. The fraction of sp³-hybridized carbons (Fsp3) is 0.391. The molecule has 156 valence electrons. The van der Waals surface area contributed by atoms with Crippen molar-refractivity contribution in [2.45, 2.75) is 39.2 Å². The first-order chi connectivity index (χ1) is 14.6. The number of tetrazole rings is 1. The van der Waals surface area contributed by atoms with E-state index in [-0.39, 0.29) is 11.9 Å². The summed E-state index contributed by atoms with van der Waals surface area (Å²) in [5.74, 6) is -0.0807. The molecule has 1 amide bonds. The van der Waals surface area contributed by atoms with Crippen LogP contribution in [0.15, 0.2) is 48.8 Å². The molecule has 1 aliphatic heterocycles. The number of piperidine rings is 1. The van der Waals surface area contributed by atoms with Gasteiger partial charge in [-0.1, -0.05) is 36.2 Å². The predicted molar refractivity (Wildman–Crippen MR) is 117 cm³/mol. The third-order valence-electron chi connectivity index (χ3n) is 5.54. The summed E-state index contributed by atoms with van der Waals surface area (Å²) in [6.45, 7) is 7.24. The van der Waals surface area contributed by atoms with Gasteiger partial charge in [0.05, 0.1) is 5.69 Å². The van der Waals surface area contributed by atoms with E-state index < -0.39 is 0 Å². The maximum Gasteiger partial charge on any atom is 0.251 e. The Balaban J connectivity index is 1.57. The van der Waals surface area contributed by atoms with Crippen molar-refractivity contribution >= 4 is 5.91 Å². The second-order valence-corrected chi connectivity index (χ2v) is 8.12. The van der Waals surface area contributed by atoms with Gasteiger partial charge in [0.2, 0.25) is 0 Å². The number of aryl methyl sites for hydroxylation is 1. The SMILES string of the molecule is Cc1ccc(-c2cc(C(=O)NC(C)CN3CCCCC3)cc(-n3cnnn3)c2)cc1. The first-order valence-electron chi connectivity index (χ1n) is 10.6. The first-order valence-corrected chi connectivity index (χ1v) is 10.6. The molecule has 0 aliphatic carbocycles. The molecule has 1 fully saturated rings. The van der Waals surface area contributed by atoms with E-state index in [2.05, 4.69) is 63.9 Å². The third-order valence-corrected chi connectivity index (χ3v) is 5.54. The molecule has 2 aromatic carbocycles. The molecule has 4 rings (SSSR count). The van der Waals surface area contributed by atoms with Gasteiger partial charge in [-0.05, 0) is 79.5 Å². The number of likely N-dealkylation sites (tertiary alicyclic amines) is 1. The number of nitrogens with one attached hydrogen (secondary N) is 1. The van der Waals surface area contributed by atoms with Crippen LogP contribution in [0.5, 0.6) is 0 Å². The van der Waals surface area contributed by atoms with Gasteiger partial charge in [0.25, 0.3) is 5.91 Å². The van der Waals surface area contributed by atoms with Crippen LogP contribution in [0.3, 0.4) is 0 Å². The van der Waals surface area contributed by atoms with Crippen LogP contribution in [0, 0.1) is 6.92 Å². The maximum absolute atomic E-state index is 13.1. The lowest BCUT2D eigenvalue weighted by atomic mass is 10.0. The monoisotopic (exact) mass is 404 g/mol. The highest BCUT2D eigenvalue weighted by Crippen LogP contribution is 2.24. The van der Waals surface area contributed by atoms with Crippen molar-refractivity contribution in [3.05, 3.63) is 59.9 Å². The summed E-state index contributed by atoms with van der Waals surface area (Å²) in [6.07, 6.45) is 5.33. The topological polar surface area (TPSA) is 75.9 Å². The number of benzene rings is 2. The zero-order valence-electron chi connectivity index (χ0n) is 17.6. The number of hydrogen-bond donors (Lipinski definition) is 1. The Labute approximate surface area is 177 Å². The Morgan fingerprint density at radius 2 is 1.83 bits per heavy atom. The highest BCUT2D eigenvalue weighted by Gasteiger charge is 2.17. The number of nitrogens with zero attached hydrogens (tertiary/aromatic N) is 5. The summed E-state index contributed by atoms with van der Waals surface area (Å²) < 4.78 is 1.58. The van der Waals surface area contributed by atoms with Crippen LogP contribution in [0.25, 0.3) is 16.8 Å². The Morgan fingerprint density at radius 3 is 2.53 bits per heavy atom. The van der Waals surface area contributed by atoms with E-state index in [1.54, 1.807) is 4.68 Å². The molecular weight excluding hydrogens is 376 g/mol. The highest BCUT2D eigenvalue weighted by atomic mass is 16.1. The van der Waals surface area contributed by atoms with E-state index >= 15 is 0 Å². The first kappa shape index (κ1) is 20.2. The van der Waals surface area contributed by atoms with Crippen LogP contribution in [-0.2, 0) is 0 Å². The average molecular weight is 405 g/mol. The largest absolute Gasteiger partial charge is 0.348 e. The van der Waals surface area contributed by atoms with Crippen molar-refractivity contribution in [3.63, 3.8) is 0 Å². The van der Waals surface area contributed by atoms with Gasteiger partial charge in [-0.3, -0.25) is 4.79 Å². The number of aromatic nitrogens is 4. The summed E-state index contributed by atoms with van der Waals surface area (Å²) in [6, 6.07) is 14.1. The Kier molecular flexibility index (Phi) is 6.18. The smallest absolute Gasteiger partial charge is 0.251 e. The molecule has 3 aromatic rings. The summed E-state index contributed by atoms with van der Waals surface area (Å²) >= 11 is 0. The van der Waals surface area contributed by atoms with E-state index in [9.17, 15) is 4.79 Å². The van der Waals surface area contributed by atoms with Crippen molar-refractivity contribution in [1.29, 1.82) is 0 Å². The van der Waals surface area contributed by atoms with E-state index in [4.69, 9.17) is 0 Å². The minimum atomic E-state index is -0.0807. The van der Waals surface area contributed by atoms with Crippen LogP contribution in [-0.4, -0.2) is 56.7 Å². The van der Waals surface area contributed by atoms with Gasteiger partial charge >= 0.3 is 0 Å². The highest BCUT2D eigenvalue weighted by molar-refractivity contribution is 5.96. The van der Waals surface area contributed by atoms with Gasteiger partial charge in [-0.25, -0.2) is 4.68 Å². The number of amides is 1. The maximum atomic E-state index is 13.1. The van der Waals surface area contributed by atoms with Crippen molar-refractivity contribution in [2.24, 2.45) is 0 Å². The van der Waals surface area contributed by atoms with Crippen LogP contribution in [0.4, 0.5) is 0 Å². The Hall–Kier alpha value is -3.06. The van der Waals surface area contributed by atoms with Crippen molar-refractivity contribution in [2.75, 3.05) is 19.6 Å². The molecule has 0 saturated carbocycles. The molecule has 0 radical (unpaired) electrons. The van der Waals surface area contributed by atoms with E-state index in [1.807, 2.05) is 18.2 Å². The lowest BCUT2D eigenvalue weighted by molar-refractivity contribution is 0.0925. The Morgan fingerprint density at radius 1 is 1.07 bits per heavy atom. The van der Waals surface area contributed by atoms with Crippen molar-refractivity contribution in [3.8, 4) is 16.8 Å². The fourth-order valence-electron chi connectivity index (χ4n) is 3.95. The summed E-state index contributed by atoms with van der Waals surface area (Å²) in [7, 11) is 0. The van der Waals surface area contributed by atoms with Crippen LogP contribution in [0.2, 0.25) is 0 Å². The van der Waals surface area contributed by atoms with Crippen LogP contribution < -0.4 is 5.32 Å². The van der Waals surface area contributed by atoms with Crippen molar-refractivity contribution < 1.29 is 4.79 Å². The minimum absolute atomic E-state index is 0.0788. The quantitative estimate of drug-likeness (QED) is 0.683. The third kappa shape index (κ3) is 4.91. The summed E-state index contributed by atoms with van der Waals surface area (Å²) in [5.41, 5.74) is 4.55. The lowest BCUT2D eigenvalue weighted by Gasteiger charge is -2.29. The van der Waals surface area contributed by atoms with E-state index in [0.29, 0.717) is 5.56 Å². The molecule has 0 spiro atoms. The van der Waals surface area contributed by atoms with Gasteiger partial charge in [0.15, 0.2) is 0 Å². The zero-order chi connectivity index (χ0) is 20.9. The van der Waals surface area contributed by atoms with Gasteiger partial charge in [0, 0.05) is 18.2 Å². The normalized spacial score (nSPS) is 15.7. The summed E-state index contributed by atoms with van der Waals surface area (Å²) in [4.78, 5) is 15.5. The molecule has 0 bridgehead atoms. The lowest BCUT2D eigenvalue weighted by Crippen LogP contribution is -2.43. The molecule has 1 unspecified atom stereocenters. The van der Waals surface area contributed by atoms with Gasteiger partial charge < -0.3 is 10.2 Å². The molecule has 1 atom stereocenters. The fourth-order valence-corrected chi connectivity index (χ4v) is 3.95. The molecule has 1 aromatic heterocycles. The van der Waals surface area contributed by atoms with Crippen LogP contribution >= 0.6 is 0 Å². The molecule has 1 saturated heterocycles. The van der Waals surface area contributed by atoms with Crippen LogP contribution in [0.1, 0.15) is 42.1 Å². The average Bonchev–Trinajstić information content (AvgIpc) is 3.29. The van der Waals surface area contributed by atoms with Crippen molar-refractivity contribution in [1.82, 2.24) is 30.4 Å². The van der Waals surface area contributed by atoms with Gasteiger partial charge in [-0.15, -0.1) is 5.10 Å². The molecule has 7 heteroatoms. The minimum Gasteiger partial charge on any atom is -0.348 e. The van der Waals surface area contributed by atoms with E-state index in [0.717, 1.165) is 36.4 Å². The summed E-state index contributed by atoms with van der Waals surface area (Å²) in [5, 5.41) is 14.6. The standard InChI is InChI=1S/C23H28N6O/c1-17-6-8-19(9-7-17)20-12-21(14-22(13-20)29-16-24-26-27-29)23(30)25-18(2)15-28-10-4-3-5-11-28/h6-9,12-14,16,18H,3-5,10-11,15H2,1-2H3,(H,25,30). The number of carbonyl (C=O) groups excluding carboxylic acids is 1. The second-order valence-electron chi connectivity index (χ2n) is 8.12. The number of carbonyl (C=O) groups is 1. The molecular formula is C23H28N6O. The zero-order valence-corrected chi connectivity index (χ0v) is 17.6. The molecule has 7 nitrogen and oxygen atoms in total. The predicted octanol–water partition coefficient (Wildman–Crippen LogP) is 3.24.